The van der Waals surface area contributed by atoms with Gasteiger partial charge in [0.15, 0.2) is 5.65 Å². The van der Waals surface area contributed by atoms with Crippen LogP contribution < -0.4 is 10.9 Å². The smallest absolute Gasteiger partial charge is 0.321 e. The second-order valence-corrected chi connectivity index (χ2v) is 7.12. The maximum absolute atomic E-state index is 13.0. The van der Waals surface area contributed by atoms with E-state index >= 15 is 0 Å². The minimum atomic E-state index is -0.364. The summed E-state index contributed by atoms with van der Waals surface area (Å²) < 4.78 is 14.6. The number of fused-ring (bicyclic) bond motifs is 1. The largest absolute Gasteiger partial charge is 0.323 e. The summed E-state index contributed by atoms with van der Waals surface area (Å²) in [7, 11) is 0. The third kappa shape index (κ3) is 3.20. The molecule has 2 aromatic carbocycles. The van der Waals surface area contributed by atoms with E-state index in [1.807, 2.05) is 30.3 Å². The van der Waals surface area contributed by atoms with Gasteiger partial charge in [0.1, 0.15) is 17.0 Å². The number of urea groups is 1. The number of nitrogens with one attached hydrogen (secondary N) is 2. The Morgan fingerprint density at radius 2 is 1.83 bits per heavy atom. The normalized spacial score (nSPS) is 14.0. The van der Waals surface area contributed by atoms with Crippen molar-refractivity contribution in [2.45, 2.75) is 5.92 Å². The number of para-hydroxylation sites is 1. The van der Waals surface area contributed by atoms with Crippen molar-refractivity contribution >= 4 is 22.8 Å². The molecular formula is C21H17FN6O2. The van der Waals surface area contributed by atoms with E-state index < -0.39 is 0 Å². The van der Waals surface area contributed by atoms with Crippen molar-refractivity contribution in [2.75, 3.05) is 18.4 Å². The summed E-state index contributed by atoms with van der Waals surface area (Å²) >= 11 is 0. The summed E-state index contributed by atoms with van der Waals surface area (Å²) in [5.74, 6) is 0.0772. The monoisotopic (exact) mass is 404 g/mol. The highest BCUT2D eigenvalue weighted by Crippen LogP contribution is 2.26. The molecule has 4 aromatic rings. The Bertz CT molecular complexity index is 1280. The Kier molecular flexibility index (Phi) is 4.27. The van der Waals surface area contributed by atoms with Crippen LogP contribution in [0.4, 0.5) is 14.9 Å². The molecule has 0 atom stereocenters. The molecule has 8 nitrogen and oxygen atoms in total. The predicted molar refractivity (Wildman–Crippen MR) is 109 cm³/mol. The second kappa shape index (κ2) is 7.11. The molecule has 0 bridgehead atoms. The zero-order valence-corrected chi connectivity index (χ0v) is 15.7. The average molecular weight is 404 g/mol. The Hall–Kier alpha value is -4.01. The van der Waals surface area contributed by atoms with Gasteiger partial charge in [0, 0.05) is 18.8 Å². The molecule has 1 aliphatic heterocycles. The molecule has 9 heteroatoms. The molecule has 0 unspecified atom stereocenters. The molecule has 0 spiro atoms. The number of hydrogen-bond acceptors (Lipinski definition) is 4. The zero-order chi connectivity index (χ0) is 20.7. The van der Waals surface area contributed by atoms with Gasteiger partial charge in [0.05, 0.1) is 17.8 Å². The molecule has 0 radical (unpaired) electrons. The topological polar surface area (TPSA) is 95.9 Å². The van der Waals surface area contributed by atoms with Gasteiger partial charge in [-0.2, -0.15) is 5.10 Å². The SMILES string of the molecule is O=C(Nc1ccc(F)cc1)N1CC(c2nc3c(cnn3-c3ccccc3)c(=O)[nH]2)C1. The van der Waals surface area contributed by atoms with Gasteiger partial charge in [-0.15, -0.1) is 0 Å². The van der Waals surface area contributed by atoms with Crippen LogP contribution in [0, 0.1) is 5.82 Å². The number of aromatic amines is 1. The molecule has 1 aliphatic rings. The van der Waals surface area contributed by atoms with Crippen molar-refractivity contribution in [1.82, 2.24) is 24.6 Å². The number of nitrogens with zero attached hydrogens (tertiary/aromatic N) is 4. The summed E-state index contributed by atoms with van der Waals surface area (Å²) in [5, 5.41) is 7.43. The van der Waals surface area contributed by atoms with Crippen molar-refractivity contribution in [3.8, 4) is 5.69 Å². The standard InChI is InChI=1S/C21H17FN6O2/c22-14-6-8-15(9-7-14)24-21(30)27-11-13(12-27)18-25-19-17(20(29)26-18)10-23-28(19)16-4-2-1-3-5-16/h1-10,13H,11-12H2,(H,24,30)(H,25,26,29). The van der Waals surface area contributed by atoms with Crippen LogP contribution in [0.5, 0.6) is 0 Å². The van der Waals surface area contributed by atoms with Gasteiger partial charge in [0.2, 0.25) is 0 Å². The highest BCUT2D eigenvalue weighted by molar-refractivity contribution is 5.90. The van der Waals surface area contributed by atoms with Crippen LogP contribution in [-0.2, 0) is 0 Å². The van der Waals surface area contributed by atoms with Gasteiger partial charge in [-0.05, 0) is 36.4 Å². The van der Waals surface area contributed by atoms with Crippen LogP contribution in [-0.4, -0.2) is 43.8 Å². The van der Waals surface area contributed by atoms with Crippen LogP contribution in [0.25, 0.3) is 16.7 Å². The summed E-state index contributed by atoms with van der Waals surface area (Å²) in [5.41, 5.74) is 1.55. The number of amides is 2. The Morgan fingerprint density at radius 1 is 1.10 bits per heavy atom. The van der Waals surface area contributed by atoms with Crippen molar-refractivity contribution in [1.29, 1.82) is 0 Å². The van der Waals surface area contributed by atoms with Gasteiger partial charge in [-0.25, -0.2) is 18.9 Å². The fourth-order valence-corrected chi connectivity index (χ4v) is 3.44. The second-order valence-electron chi connectivity index (χ2n) is 7.12. The summed E-state index contributed by atoms with van der Waals surface area (Å²) in [6, 6.07) is 14.8. The summed E-state index contributed by atoms with van der Waals surface area (Å²) in [6.45, 7) is 0.835. The molecule has 2 aromatic heterocycles. The lowest BCUT2D eigenvalue weighted by Crippen LogP contribution is -2.51. The number of likely N-dealkylation sites (tertiary alicyclic amines) is 1. The van der Waals surface area contributed by atoms with Gasteiger partial charge in [-0.3, -0.25) is 4.79 Å². The molecular weight excluding hydrogens is 387 g/mol. The first-order valence-electron chi connectivity index (χ1n) is 9.43. The molecule has 3 heterocycles. The van der Waals surface area contributed by atoms with Gasteiger partial charge >= 0.3 is 6.03 Å². The maximum Gasteiger partial charge on any atom is 0.321 e. The number of rotatable bonds is 3. The number of anilines is 1. The molecule has 150 valence electrons. The Morgan fingerprint density at radius 3 is 2.57 bits per heavy atom. The van der Waals surface area contributed by atoms with Crippen LogP contribution >= 0.6 is 0 Å². The van der Waals surface area contributed by atoms with Crippen molar-refractivity contribution in [3.63, 3.8) is 0 Å². The third-order valence-electron chi connectivity index (χ3n) is 5.11. The number of aromatic nitrogens is 4. The van der Waals surface area contributed by atoms with Crippen molar-refractivity contribution in [3.05, 3.63) is 82.8 Å². The number of H-pyrrole nitrogens is 1. The van der Waals surface area contributed by atoms with Crippen LogP contribution in [0.2, 0.25) is 0 Å². The minimum absolute atomic E-state index is 0.0832. The van der Waals surface area contributed by atoms with Crippen LogP contribution in [0.15, 0.2) is 65.6 Å². The molecule has 30 heavy (non-hydrogen) atoms. The van der Waals surface area contributed by atoms with Crippen molar-refractivity contribution in [2.24, 2.45) is 0 Å². The van der Waals surface area contributed by atoms with E-state index in [-0.39, 0.29) is 23.3 Å². The van der Waals surface area contributed by atoms with E-state index in [1.54, 1.807) is 9.58 Å². The molecule has 1 saturated heterocycles. The highest BCUT2D eigenvalue weighted by Gasteiger charge is 2.34. The highest BCUT2D eigenvalue weighted by atomic mass is 19.1. The quantitative estimate of drug-likeness (QED) is 0.549. The molecule has 5 rings (SSSR count). The first kappa shape index (κ1) is 18.0. The van der Waals surface area contributed by atoms with E-state index in [9.17, 15) is 14.0 Å². The van der Waals surface area contributed by atoms with Gasteiger partial charge in [-0.1, -0.05) is 18.2 Å². The lowest BCUT2D eigenvalue weighted by molar-refractivity contribution is 0.161. The number of carbonyl (C=O) groups is 1. The third-order valence-corrected chi connectivity index (χ3v) is 5.11. The fourth-order valence-electron chi connectivity index (χ4n) is 3.44. The van der Waals surface area contributed by atoms with E-state index in [4.69, 9.17) is 0 Å². The van der Waals surface area contributed by atoms with E-state index in [0.717, 1.165) is 5.69 Å². The first-order valence-corrected chi connectivity index (χ1v) is 9.43. The van der Waals surface area contributed by atoms with Gasteiger partial charge in [0.25, 0.3) is 5.56 Å². The molecule has 0 aliphatic carbocycles. The Labute approximate surface area is 170 Å². The van der Waals surface area contributed by atoms with Crippen LogP contribution in [0.1, 0.15) is 11.7 Å². The lowest BCUT2D eigenvalue weighted by atomic mass is 10.00. The van der Waals surface area contributed by atoms with Gasteiger partial charge < -0.3 is 15.2 Å². The van der Waals surface area contributed by atoms with Crippen LogP contribution in [0.3, 0.4) is 0 Å². The number of carbonyl (C=O) groups excluding carboxylic acids is 1. The molecule has 1 fully saturated rings. The first-order chi connectivity index (χ1) is 14.6. The maximum atomic E-state index is 13.0. The molecule has 0 saturated carbocycles. The molecule has 2 amide bonds. The lowest BCUT2D eigenvalue weighted by Gasteiger charge is -2.38. The fraction of sp³-hybridized carbons (Fsp3) is 0.143. The average Bonchev–Trinajstić information content (AvgIpc) is 3.14. The summed E-state index contributed by atoms with van der Waals surface area (Å²) in [4.78, 5) is 33.9. The number of benzene rings is 2. The van der Waals surface area contributed by atoms with E-state index in [1.165, 1.54) is 30.5 Å². The zero-order valence-electron chi connectivity index (χ0n) is 15.7. The minimum Gasteiger partial charge on any atom is -0.323 e. The Balaban J connectivity index is 1.34. The molecule has 2 N–H and O–H groups in total. The predicted octanol–water partition coefficient (Wildman–Crippen LogP) is 2.88. The summed E-state index contributed by atoms with van der Waals surface area (Å²) in [6.07, 6.45) is 1.50. The number of halogens is 1. The van der Waals surface area contributed by atoms with E-state index in [2.05, 4.69) is 20.4 Å². The number of hydrogen-bond donors (Lipinski definition) is 2. The van der Waals surface area contributed by atoms with E-state index in [0.29, 0.717) is 35.6 Å². The van der Waals surface area contributed by atoms with Crippen molar-refractivity contribution < 1.29 is 9.18 Å².